The Bertz CT molecular complexity index is 483. The van der Waals surface area contributed by atoms with E-state index in [9.17, 15) is 4.79 Å². The zero-order chi connectivity index (χ0) is 14.0. The maximum atomic E-state index is 12.5. The lowest BCUT2D eigenvalue weighted by Crippen LogP contribution is -2.50. The second-order valence-corrected chi connectivity index (χ2v) is 5.05. The fraction of sp³-hybridized carbons (Fsp3) is 0.500. The number of hydrazine groups is 1. The molecule has 0 aliphatic carbocycles. The highest BCUT2D eigenvalue weighted by molar-refractivity contribution is 6.29. The molecular weight excluding hydrogens is 268 g/mol. The van der Waals surface area contributed by atoms with Crippen molar-refractivity contribution in [2.24, 2.45) is 5.84 Å². The minimum absolute atomic E-state index is 0.0320. The zero-order valence-electron chi connectivity index (χ0n) is 10.9. The maximum Gasteiger partial charge on any atom is 0.254 e. The van der Waals surface area contributed by atoms with Crippen molar-refractivity contribution in [2.75, 3.05) is 18.6 Å². The molecule has 1 amide bonds. The molecule has 7 heteroatoms. The highest BCUT2D eigenvalue weighted by atomic mass is 35.5. The highest BCUT2D eigenvalue weighted by Gasteiger charge is 2.28. The van der Waals surface area contributed by atoms with Gasteiger partial charge in [-0.15, -0.1) is 0 Å². The van der Waals surface area contributed by atoms with Gasteiger partial charge in [0.15, 0.2) is 0 Å². The van der Waals surface area contributed by atoms with Crippen LogP contribution in [-0.2, 0) is 4.74 Å². The van der Waals surface area contributed by atoms with Crippen LogP contribution in [0.1, 0.15) is 24.2 Å². The van der Waals surface area contributed by atoms with E-state index in [1.54, 1.807) is 11.0 Å². The van der Waals surface area contributed by atoms with Gasteiger partial charge >= 0.3 is 0 Å². The predicted molar refractivity (Wildman–Crippen MR) is 73.0 cm³/mol. The minimum Gasteiger partial charge on any atom is -0.375 e. The second-order valence-electron chi connectivity index (χ2n) is 4.66. The molecule has 1 aliphatic rings. The van der Waals surface area contributed by atoms with Crippen LogP contribution in [-0.4, -0.2) is 41.1 Å². The van der Waals surface area contributed by atoms with E-state index in [0.29, 0.717) is 24.5 Å². The monoisotopic (exact) mass is 284 g/mol. The molecule has 1 saturated heterocycles. The largest absolute Gasteiger partial charge is 0.375 e. The predicted octanol–water partition coefficient (Wildman–Crippen LogP) is 1.27. The fourth-order valence-corrected chi connectivity index (χ4v) is 2.25. The number of morpholine rings is 1. The van der Waals surface area contributed by atoms with Crippen molar-refractivity contribution < 1.29 is 9.53 Å². The van der Waals surface area contributed by atoms with E-state index in [2.05, 4.69) is 10.4 Å². The standard InChI is InChI=1S/C12H17ClN4O2/c1-7-6-19-8(2)5-17(7)12(18)9-3-10(13)15-11(4-9)16-14/h3-4,7-8H,5-6,14H2,1-2H3,(H,15,16). The number of rotatable bonds is 2. The minimum atomic E-state index is -0.0940. The average Bonchev–Trinajstić information content (AvgIpc) is 2.40. The molecule has 2 rings (SSSR count). The molecule has 0 bridgehead atoms. The van der Waals surface area contributed by atoms with Gasteiger partial charge in [-0.3, -0.25) is 4.79 Å². The smallest absolute Gasteiger partial charge is 0.254 e. The summed E-state index contributed by atoms with van der Waals surface area (Å²) in [6.07, 6.45) is 0.0320. The van der Waals surface area contributed by atoms with E-state index >= 15 is 0 Å². The maximum absolute atomic E-state index is 12.5. The fourth-order valence-electron chi connectivity index (χ4n) is 2.05. The Hall–Kier alpha value is -1.37. The first-order valence-corrected chi connectivity index (χ1v) is 6.46. The van der Waals surface area contributed by atoms with E-state index in [1.807, 2.05) is 13.8 Å². The molecule has 104 valence electrons. The summed E-state index contributed by atoms with van der Waals surface area (Å²) >= 11 is 5.87. The van der Waals surface area contributed by atoms with Gasteiger partial charge in [-0.1, -0.05) is 11.6 Å². The molecule has 0 radical (unpaired) electrons. The topological polar surface area (TPSA) is 80.5 Å². The van der Waals surface area contributed by atoms with Crippen molar-refractivity contribution in [2.45, 2.75) is 26.0 Å². The molecule has 0 saturated carbocycles. The highest BCUT2D eigenvalue weighted by Crippen LogP contribution is 2.19. The van der Waals surface area contributed by atoms with Crippen molar-refractivity contribution in [3.8, 4) is 0 Å². The lowest BCUT2D eigenvalue weighted by molar-refractivity contribution is -0.0387. The Morgan fingerprint density at radius 1 is 1.58 bits per heavy atom. The van der Waals surface area contributed by atoms with Gasteiger partial charge < -0.3 is 15.1 Å². The zero-order valence-corrected chi connectivity index (χ0v) is 11.6. The number of nitrogen functional groups attached to an aromatic ring is 1. The molecule has 1 aromatic rings. The third-order valence-electron chi connectivity index (χ3n) is 3.06. The molecule has 1 aliphatic heterocycles. The lowest BCUT2D eigenvalue weighted by Gasteiger charge is -2.36. The van der Waals surface area contributed by atoms with Crippen molar-refractivity contribution >= 4 is 23.3 Å². The summed E-state index contributed by atoms with van der Waals surface area (Å²) in [6, 6.07) is 3.16. The van der Waals surface area contributed by atoms with Crippen LogP contribution in [0, 0.1) is 0 Å². The number of nitrogens with zero attached hydrogens (tertiary/aromatic N) is 2. The quantitative estimate of drug-likeness (QED) is 0.486. The number of halogens is 1. The summed E-state index contributed by atoms with van der Waals surface area (Å²) < 4.78 is 5.51. The van der Waals surface area contributed by atoms with Gasteiger partial charge in [0.05, 0.1) is 18.8 Å². The molecule has 19 heavy (non-hydrogen) atoms. The van der Waals surface area contributed by atoms with E-state index in [0.717, 1.165) is 0 Å². The number of ether oxygens (including phenoxy) is 1. The van der Waals surface area contributed by atoms with Crippen LogP contribution in [0.25, 0.3) is 0 Å². The Balaban J connectivity index is 2.25. The number of carbonyl (C=O) groups excluding carboxylic acids is 1. The Kier molecular flexibility index (Phi) is 4.24. The number of amides is 1. The van der Waals surface area contributed by atoms with Crippen LogP contribution in [0.15, 0.2) is 12.1 Å². The number of carbonyl (C=O) groups is 1. The molecular formula is C12H17ClN4O2. The average molecular weight is 285 g/mol. The normalized spacial score (nSPS) is 23.3. The summed E-state index contributed by atoms with van der Waals surface area (Å²) in [5.41, 5.74) is 2.86. The van der Waals surface area contributed by atoms with E-state index in [1.165, 1.54) is 6.07 Å². The number of nitrogens with two attached hydrogens (primary N) is 1. The molecule has 0 aromatic carbocycles. The lowest BCUT2D eigenvalue weighted by atomic mass is 10.1. The number of pyridine rings is 1. The second kappa shape index (κ2) is 5.73. The molecule has 0 spiro atoms. The SMILES string of the molecule is CC1CN(C(=O)c2cc(Cl)nc(NN)c2)C(C)CO1. The van der Waals surface area contributed by atoms with Crippen LogP contribution in [0.2, 0.25) is 5.15 Å². The third kappa shape index (κ3) is 3.15. The molecule has 1 aromatic heterocycles. The number of aromatic nitrogens is 1. The first kappa shape index (κ1) is 14.0. The first-order valence-electron chi connectivity index (χ1n) is 6.08. The van der Waals surface area contributed by atoms with Gasteiger partial charge in [-0.25, -0.2) is 10.8 Å². The van der Waals surface area contributed by atoms with Gasteiger partial charge in [-0.05, 0) is 26.0 Å². The van der Waals surface area contributed by atoms with Crippen LogP contribution < -0.4 is 11.3 Å². The number of hydrogen-bond donors (Lipinski definition) is 2. The number of hydrogen-bond acceptors (Lipinski definition) is 5. The summed E-state index contributed by atoms with van der Waals surface area (Å²) in [4.78, 5) is 18.2. The molecule has 3 N–H and O–H groups in total. The van der Waals surface area contributed by atoms with E-state index in [-0.39, 0.29) is 23.2 Å². The van der Waals surface area contributed by atoms with Crippen molar-refractivity contribution in [1.82, 2.24) is 9.88 Å². The molecule has 2 unspecified atom stereocenters. The van der Waals surface area contributed by atoms with Gasteiger partial charge in [0.1, 0.15) is 11.0 Å². The summed E-state index contributed by atoms with van der Waals surface area (Å²) in [5.74, 6) is 5.57. The van der Waals surface area contributed by atoms with Gasteiger partial charge in [0.25, 0.3) is 5.91 Å². The third-order valence-corrected chi connectivity index (χ3v) is 3.25. The van der Waals surface area contributed by atoms with Gasteiger partial charge in [0.2, 0.25) is 0 Å². The molecule has 1 fully saturated rings. The Morgan fingerprint density at radius 3 is 3.00 bits per heavy atom. The molecule has 6 nitrogen and oxygen atoms in total. The summed E-state index contributed by atoms with van der Waals surface area (Å²) in [7, 11) is 0. The summed E-state index contributed by atoms with van der Waals surface area (Å²) in [5, 5.41) is 0.229. The van der Waals surface area contributed by atoms with Gasteiger partial charge in [0, 0.05) is 12.1 Å². The summed E-state index contributed by atoms with van der Waals surface area (Å²) in [6.45, 7) is 4.99. The Morgan fingerprint density at radius 2 is 2.32 bits per heavy atom. The van der Waals surface area contributed by atoms with Crippen molar-refractivity contribution in [3.05, 3.63) is 22.8 Å². The van der Waals surface area contributed by atoms with E-state index < -0.39 is 0 Å². The van der Waals surface area contributed by atoms with Crippen molar-refractivity contribution in [3.63, 3.8) is 0 Å². The van der Waals surface area contributed by atoms with Crippen molar-refractivity contribution in [1.29, 1.82) is 0 Å². The van der Waals surface area contributed by atoms with Crippen LogP contribution in [0.5, 0.6) is 0 Å². The number of anilines is 1. The van der Waals surface area contributed by atoms with Crippen LogP contribution in [0.4, 0.5) is 5.82 Å². The van der Waals surface area contributed by atoms with Crippen LogP contribution >= 0.6 is 11.6 Å². The molecule has 2 atom stereocenters. The Labute approximate surface area is 116 Å². The molecule has 2 heterocycles. The van der Waals surface area contributed by atoms with Crippen LogP contribution in [0.3, 0.4) is 0 Å². The first-order chi connectivity index (χ1) is 9.01. The van der Waals surface area contributed by atoms with Gasteiger partial charge in [-0.2, -0.15) is 0 Å². The van der Waals surface area contributed by atoms with E-state index in [4.69, 9.17) is 22.2 Å². The number of nitrogens with one attached hydrogen (secondary N) is 1.